The van der Waals surface area contributed by atoms with E-state index in [4.69, 9.17) is 20.3 Å². The molecule has 8 N–H and O–H groups in total. The van der Waals surface area contributed by atoms with E-state index in [2.05, 4.69) is 28.1 Å². The van der Waals surface area contributed by atoms with Gasteiger partial charge in [0.15, 0.2) is 17.7 Å². The Labute approximate surface area is 220 Å². The highest BCUT2D eigenvalue weighted by Gasteiger charge is 2.51. The number of aliphatic hydroxyl groups excluding tert-OH is 2. The summed E-state index contributed by atoms with van der Waals surface area (Å²) in [5.74, 6) is 0.227. The van der Waals surface area contributed by atoms with Crippen LogP contribution in [0.2, 0.25) is 0 Å². The minimum atomic E-state index is -5.73. The third-order valence-corrected chi connectivity index (χ3v) is 9.56. The van der Waals surface area contributed by atoms with Crippen LogP contribution >= 0.6 is 23.5 Å². The van der Waals surface area contributed by atoms with Crippen molar-refractivity contribution in [1.82, 2.24) is 4.90 Å². The Kier molecular flexibility index (Phi) is 8.47. The predicted molar refractivity (Wildman–Crippen MR) is 132 cm³/mol. The summed E-state index contributed by atoms with van der Waals surface area (Å²) in [6, 6.07) is 7.65. The second-order valence-electron chi connectivity index (χ2n) is 8.84. The average molecular weight is 613 g/mol. The molecular weight excluding hydrogens is 587 g/mol. The van der Waals surface area contributed by atoms with Crippen LogP contribution in [0.4, 0.5) is 0 Å². The number of nitrogens with zero attached hydrogens (tertiary/aromatic N) is 4. The first-order valence-electron chi connectivity index (χ1n) is 11.1. The number of nitrogens with two attached hydrogens (primary N) is 1. The molecule has 39 heavy (non-hydrogen) atoms. The van der Waals surface area contributed by atoms with E-state index in [-0.39, 0.29) is 18.9 Å². The van der Waals surface area contributed by atoms with Gasteiger partial charge in [-0.2, -0.15) is 8.62 Å². The number of aliphatic hydroxyl groups is 2. The Bertz CT molecular complexity index is 1350. The molecule has 3 aliphatic heterocycles. The van der Waals surface area contributed by atoms with E-state index in [9.17, 15) is 33.7 Å². The minimum absolute atomic E-state index is 0.0820. The van der Waals surface area contributed by atoms with Crippen molar-refractivity contribution in [3.8, 4) is 0 Å². The maximum absolute atomic E-state index is 12.0. The van der Waals surface area contributed by atoms with Crippen molar-refractivity contribution in [1.29, 1.82) is 0 Å². The van der Waals surface area contributed by atoms with Gasteiger partial charge < -0.3 is 45.2 Å². The number of hydrogen-bond acceptors (Lipinski definition) is 14. The van der Waals surface area contributed by atoms with Gasteiger partial charge in [0.1, 0.15) is 37.0 Å². The first-order valence-corrected chi connectivity index (χ1v) is 15.6. The topological polar surface area (TPSA) is 276 Å². The average Bonchev–Trinajstić information content (AvgIpc) is 3.32. The summed E-state index contributed by atoms with van der Waals surface area (Å²) in [6.07, 6.45) is -4.49. The zero-order valence-electron chi connectivity index (χ0n) is 20.1. The lowest BCUT2D eigenvalue weighted by atomic mass is 9.93. The van der Waals surface area contributed by atoms with Gasteiger partial charge in [0.25, 0.3) is 0 Å². The highest BCUT2D eigenvalue weighted by atomic mass is 31.3. The Morgan fingerprint density at radius 2 is 1.85 bits per heavy atom. The Balaban J connectivity index is 1.41. The van der Waals surface area contributed by atoms with Crippen LogP contribution in [0.5, 0.6) is 0 Å². The molecular formula is C18H26N5O13P3. The zero-order chi connectivity index (χ0) is 28.8. The van der Waals surface area contributed by atoms with Gasteiger partial charge in [-0.3, -0.25) is 9.52 Å². The maximum atomic E-state index is 12.0. The summed E-state index contributed by atoms with van der Waals surface area (Å²) in [5, 5.41) is 21.1. The van der Waals surface area contributed by atoms with Gasteiger partial charge in [0.05, 0.1) is 6.61 Å². The van der Waals surface area contributed by atoms with Crippen LogP contribution in [0.25, 0.3) is 0 Å². The molecule has 0 spiro atoms. The molecule has 0 aliphatic carbocycles. The van der Waals surface area contributed by atoms with Gasteiger partial charge in [-0.15, -0.1) is 0 Å². The summed E-state index contributed by atoms with van der Waals surface area (Å²) in [4.78, 5) is 50.4. The van der Waals surface area contributed by atoms with Crippen LogP contribution in [0, 0.1) is 6.92 Å². The van der Waals surface area contributed by atoms with Crippen LogP contribution in [0.15, 0.2) is 39.2 Å². The summed E-state index contributed by atoms with van der Waals surface area (Å²) < 4.78 is 51.6. The highest BCUT2D eigenvalue weighted by molar-refractivity contribution is 7.66. The molecule has 3 aliphatic rings. The molecule has 7 atom stereocenters. The van der Waals surface area contributed by atoms with E-state index >= 15 is 0 Å². The van der Waals surface area contributed by atoms with Crippen molar-refractivity contribution in [2.45, 2.75) is 43.5 Å². The monoisotopic (exact) mass is 613 g/mol. The van der Waals surface area contributed by atoms with E-state index in [0.717, 1.165) is 11.1 Å². The number of fused-ring (bicyclic) bond motifs is 1. The Morgan fingerprint density at radius 3 is 2.51 bits per heavy atom. The molecule has 0 saturated carbocycles. The maximum Gasteiger partial charge on any atom is 0.490 e. The van der Waals surface area contributed by atoms with Gasteiger partial charge in [0.2, 0.25) is 0 Å². The predicted octanol–water partition coefficient (Wildman–Crippen LogP) is -0.863. The van der Waals surface area contributed by atoms with Crippen molar-refractivity contribution >= 4 is 41.4 Å². The van der Waals surface area contributed by atoms with Crippen molar-refractivity contribution in [3.63, 3.8) is 0 Å². The number of hydrogen-bond donors (Lipinski definition) is 7. The summed E-state index contributed by atoms with van der Waals surface area (Å²) >= 11 is 0. The molecule has 1 fully saturated rings. The van der Waals surface area contributed by atoms with Crippen molar-refractivity contribution in [2.24, 2.45) is 20.7 Å². The molecule has 216 valence electrons. The summed E-state index contributed by atoms with van der Waals surface area (Å²) in [5.41, 5.74) is 7.54. The number of ether oxygens (including phenoxy) is 1. The second kappa shape index (κ2) is 10.9. The number of aliphatic imine (C=N–C) groups is 3. The molecule has 1 aromatic rings. The number of phosphoric ester groups is 1. The van der Waals surface area contributed by atoms with Gasteiger partial charge in [-0.1, -0.05) is 29.8 Å². The molecule has 0 aromatic heterocycles. The van der Waals surface area contributed by atoms with Gasteiger partial charge in [-0.05, 0) is 12.5 Å². The number of benzene rings is 1. The third-order valence-electron chi connectivity index (χ3n) is 5.76. The van der Waals surface area contributed by atoms with Crippen LogP contribution in [0.1, 0.15) is 11.1 Å². The SMILES string of the molecule is Cc1cccc(CC2(N)N=CN=C3C2=NCN3[C@@H]2O[C@H](COP(=O)(O)OP(=O)(O)OP(=O)(O)O)[C@@H](O)[C@H]2O)c1. The van der Waals surface area contributed by atoms with E-state index in [1.807, 2.05) is 31.2 Å². The number of rotatable bonds is 10. The minimum Gasteiger partial charge on any atom is -0.387 e. The third kappa shape index (κ3) is 7.14. The lowest BCUT2D eigenvalue weighted by molar-refractivity contribution is -0.0680. The van der Waals surface area contributed by atoms with Crippen molar-refractivity contribution in [2.75, 3.05) is 13.3 Å². The second-order valence-corrected chi connectivity index (χ2v) is 13.3. The van der Waals surface area contributed by atoms with Gasteiger partial charge >= 0.3 is 23.5 Å². The Morgan fingerprint density at radius 1 is 1.13 bits per heavy atom. The fraction of sp³-hybridized carbons (Fsp3) is 0.500. The molecule has 0 bridgehead atoms. The molecule has 18 nitrogen and oxygen atoms in total. The van der Waals surface area contributed by atoms with Crippen molar-refractivity contribution < 1.29 is 61.4 Å². The van der Waals surface area contributed by atoms with Gasteiger partial charge in [0, 0.05) is 6.42 Å². The fourth-order valence-electron chi connectivity index (χ4n) is 4.19. The number of phosphoric acid groups is 3. The van der Waals surface area contributed by atoms with Gasteiger partial charge in [-0.25, -0.2) is 23.7 Å². The highest BCUT2D eigenvalue weighted by Crippen LogP contribution is 2.66. The lowest BCUT2D eigenvalue weighted by Gasteiger charge is -2.32. The smallest absolute Gasteiger partial charge is 0.387 e. The summed E-state index contributed by atoms with van der Waals surface area (Å²) in [6.45, 7) is 0.895. The standard InChI is InChI=1S/C18H26N5O13P3/c1-10-3-2-4-11(5-10)6-18(19)15-16(20-8-22-18)23(9-21-15)17-14(25)13(24)12(34-17)7-33-38(29,30)36-39(31,32)35-37(26,27)28/h2-5,8,12-14,17,24-25H,6-7,9,19H2,1H3,(H,29,30)(H,31,32)(H2,26,27,28)/t12-,13-,14-,17-,18?/m1/s1. The van der Waals surface area contributed by atoms with E-state index in [1.54, 1.807) is 0 Å². The molecule has 1 aromatic carbocycles. The van der Waals surface area contributed by atoms with E-state index in [1.165, 1.54) is 11.2 Å². The lowest BCUT2D eigenvalue weighted by Crippen LogP contribution is -2.56. The molecule has 4 rings (SSSR count). The molecule has 0 amide bonds. The zero-order valence-corrected chi connectivity index (χ0v) is 22.7. The van der Waals surface area contributed by atoms with E-state index < -0.39 is 60.3 Å². The Hall–Kier alpha value is -1.72. The van der Waals surface area contributed by atoms with Crippen LogP contribution in [0.3, 0.4) is 0 Å². The number of aryl methyl sites for hydroxylation is 1. The largest absolute Gasteiger partial charge is 0.490 e. The van der Waals surface area contributed by atoms with E-state index in [0.29, 0.717) is 5.71 Å². The van der Waals surface area contributed by atoms with Crippen LogP contribution in [-0.2, 0) is 38.0 Å². The van der Waals surface area contributed by atoms with Crippen LogP contribution in [-0.4, -0.2) is 96.1 Å². The first-order chi connectivity index (χ1) is 18.0. The fourth-order valence-corrected chi connectivity index (χ4v) is 7.22. The first kappa shape index (κ1) is 30.2. The molecule has 0 radical (unpaired) electrons. The molecule has 3 unspecified atom stereocenters. The van der Waals surface area contributed by atoms with Crippen molar-refractivity contribution in [3.05, 3.63) is 35.4 Å². The normalized spacial score (nSPS) is 31.8. The molecule has 1 saturated heterocycles. The number of amidine groups is 1. The molecule has 21 heteroatoms. The van der Waals surface area contributed by atoms with Crippen LogP contribution < -0.4 is 5.73 Å². The molecule has 3 heterocycles. The quantitative estimate of drug-likeness (QED) is 0.158. The summed E-state index contributed by atoms with van der Waals surface area (Å²) in [7, 11) is -16.8.